The summed E-state index contributed by atoms with van der Waals surface area (Å²) in [5.41, 5.74) is 5.90. The van der Waals surface area contributed by atoms with E-state index in [9.17, 15) is 13.2 Å². The van der Waals surface area contributed by atoms with Gasteiger partial charge in [0.05, 0.1) is 12.2 Å². The summed E-state index contributed by atoms with van der Waals surface area (Å²) < 4.78 is 25.8. The molecule has 0 aromatic heterocycles. The number of nitrogens with one attached hydrogen (secondary N) is 1. The Hall–Kier alpha value is -0.660. The van der Waals surface area contributed by atoms with E-state index in [1.165, 1.54) is 0 Å². The van der Waals surface area contributed by atoms with E-state index in [0.29, 0.717) is 0 Å². The molecule has 0 amide bonds. The summed E-state index contributed by atoms with van der Waals surface area (Å²) in [6.07, 6.45) is 4.21. The van der Waals surface area contributed by atoms with Crippen molar-refractivity contribution in [2.24, 2.45) is 5.73 Å². The number of carbonyl (C=O) groups is 1. The van der Waals surface area contributed by atoms with Gasteiger partial charge in [-0.15, -0.1) is 0 Å². The molecule has 2 atom stereocenters. The van der Waals surface area contributed by atoms with Crippen LogP contribution < -0.4 is 10.5 Å². The number of nitrogens with two attached hydrogens (primary N) is 1. The minimum absolute atomic E-state index is 0.169. The molecule has 0 bridgehead atoms. The van der Waals surface area contributed by atoms with E-state index in [1.54, 1.807) is 0 Å². The van der Waals surface area contributed by atoms with Crippen LogP contribution in [0, 0.1) is 0 Å². The van der Waals surface area contributed by atoms with E-state index in [0.717, 1.165) is 32.1 Å². The third kappa shape index (κ3) is 5.47. The first-order valence-electron chi connectivity index (χ1n) is 5.88. The summed E-state index contributed by atoms with van der Waals surface area (Å²) in [5.74, 6) is -1.49. The van der Waals surface area contributed by atoms with Crippen LogP contribution in [0.15, 0.2) is 0 Å². The maximum absolute atomic E-state index is 11.6. The molecule has 0 aromatic rings. The van der Waals surface area contributed by atoms with E-state index in [4.69, 9.17) is 10.8 Å². The van der Waals surface area contributed by atoms with E-state index >= 15 is 0 Å². The van der Waals surface area contributed by atoms with Crippen molar-refractivity contribution >= 4 is 16.0 Å². The number of hydrogen-bond donors (Lipinski definition) is 3. The van der Waals surface area contributed by atoms with Crippen LogP contribution >= 0.6 is 0 Å². The fourth-order valence-corrected chi connectivity index (χ4v) is 3.31. The zero-order chi connectivity index (χ0) is 12.9. The van der Waals surface area contributed by atoms with Gasteiger partial charge in [0.25, 0.3) is 0 Å². The first-order valence-corrected chi connectivity index (χ1v) is 7.53. The number of sulfonamides is 1. The lowest BCUT2D eigenvalue weighted by Gasteiger charge is -2.22. The van der Waals surface area contributed by atoms with Gasteiger partial charge in [0, 0.05) is 12.1 Å². The second kappa shape index (κ2) is 6.32. The van der Waals surface area contributed by atoms with Gasteiger partial charge in [-0.3, -0.25) is 4.79 Å². The molecule has 4 N–H and O–H groups in total. The Bertz CT molecular complexity index is 355. The summed E-state index contributed by atoms with van der Waals surface area (Å²) in [5, 5.41) is 8.46. The van der Waals surface area contributed by atoms with E-state index in [-0.39, 0.29) is 24.3 Å². The standard InChI is InChI=1S/C10H20N2O4S/c11-8-4-2-1-3-5-9(8)12-17(15,16)7-6-10(13)14/h8-9,12H,1-7,11H2,(H,13,14). The van der Waals surface area contributed by atoms with Crippen molar-refractivity contribution in [3.63, 3.8) is 0 Å². The highest BCUT2D eigenvalue weighted by atomic mass is 32.2. The van der Waals surface area contributed by atoms with Crippen molar-refractivity contribution in [1.29, 1.82) is 0 Å². The van der Waals surface area contributed by atoms with Crippen LogP contribution in [0.25, 0.3) is 0 Å². The molecule has 0 aliphatic heterocycles. The van der Waals surface area contributed by atoms with Gasteiger partial charge < -0.3 is 10.8 Å². The summed E-state index contributed by atoms with van der Waals surface area (Å²) in [6.45, 7) is 0. The summed E-state index contributed by atoms with van der Waals surface area (Å²) in [4.78, 5) is 10.3. The zero-order valence-corrected chi connectivity index (χ0v) is 10.6. The summed E-state index contributed by atoms with van der Waals surface area (Å²) >= 11 is 0. The number of carboxylic acid groups (broad SMARTS) is 1. The van der Waals surface area contributed by atoms with E-state index in [1.807, 2.05) is 0 Å². The Morgan fingerprint density at radius 1 is 1.29 bits per heavy atom. The number of hydrogen-bond acceptors (Lipinski definition) is 4. The van der Waals surface area contributed by atoms with Crippen LogP contribution in [0.2, 0.25) is 0 Å². The fourth-order valence-electron chi connectivity index (χ4n) is 1.99. The first kappa shape index (κ1) is 14.4. The highest BCUT2D eigenvalue weighted by Crippen LogP contribution is 2.17. The van der Waals surface area contributed by atoms with Crippen molar-refractivity contribution in [2.45, 2.75) is 50.6 Å². The van der Waals surface area contributed by atoms with Crippen molar-refractivity contribution in [2.75, 3.05) is 5.75 Å². The van der Waals surface area contributed by atoms with Crippen LogP contribution in [-0.2, 0) is 14.8 Å². The van der Waals surface area contributed by atoms with E-state index in [2.05, 4.69) is 4.72 Å². The molecular formula is C10H20N2O4S. The molecule has 100 valence electrons. The molecule has 0 spiro atoms. The van der Waals surface area contributed by atoms with Crippen LogP contribution in [0.3, 0.4) is 0 Å². The Labute approximate surface area is 102 Å². The van der Waals surface area contributed by atoms with Crippen molar-refractivity contribution in [3.05, 3.63) is 0 Å². The van der Waals surface area contributed by atoms with Gasteiger partial charge in [-0.1, -0.05) is 19.3 Å². The Morgan fingerprint density at radius 2 is 1.94 bits per heavy atom. The Balaban J connectivity index is 2.52. The third-order valence-corrected chi connectivity index (χ3v) is 4.39. The Kier molecular flexibility index (Phi) is 5.35. The van der Waals surface area contributed by atoms with Gasteiger partial charge in [-0.25, -0.2) is 13.1 Å². The lowest BCUT2D eigenvalue weighted by molar-refractivity contribution is -0.136. The van der Waals surface area contributed by atoms with Crippen LogP contribution in [0.4, 0.5) is 0 Å². The highest BCUT2D eigenvalue weighted by molar-refractivity contribution is 7.89. The SMILES string of the molecule is NC1CCCCCC1NS(=O)(=O)CCC(=O)O. The predicted octanol–water partition coefficient (Wildman–Crippen LogP) is 0.0405. The lowest BCUT2D eigenvalue weighted by Crippen LogP contribution is -2.47. The monoisotopic (exact) mass is 264 g/mol. The first-order chi connectivity index (χ1) is 7.91. The maximum Gasteiger partial charge on any atom is 0.304 e. The molecule has 0 radical (unpaired) electrons. The van der Waals surface area contributed by atoms with Crippen LogP contribution in [0.5, 0.6) is 0 Å². The van der Waals surface area contributed by atoms with Gasteiger partial charge in [0.2, 0.25) is 10.0 Å². The molecule has 1 aliphatic rings. The second-order valence-corrected chi connectivity index (χ2v) is 6.36. The van der Waals surface area contributed by atoms with Gasteiger partial charge in [0.15, 0.2) is 0 Å². The maximum atomic E-state index is 11.6. The molecule has 2 unspecified atom stereocenters. The number of aliphatic carboxylic acids is 1. The average Bonchev–Trinajstić information content (AvgIpc) is 2.42. The quantitative estimate of drug-likeness (QED) is 0.607. The predicted molar refractivity (Wildman–Crippen MR) is 64.0 cm³/mol. The molecule has 1 saturated carbocycles. The highest BCUT2D eigenvalue weighted by Gasteiger charge is 2.25. The molecule has 0 saturated heterocycles. The third-order valence-electron chi connectivity index (χ3n) is 2.99. The topological polar surface area (TPSA) is 109 Å². The average molecular weight is 264 g/mol. The molecule has 1 aliphatic carbocycles. The minimum atomic E-state index is -3.54. The zero-order valence-electron chi connectivity index (χ0n) is 9.76. The van der Waals surface area contributed by atoms with Gasteiger partial charge in [0.1, 0.15) is 0 Å². The molecular weight excluding hydrogens is 244 g/mol. The number of carboxylic acids is 1. The van der Waals surface area contributed by atoms with Crippen LogP contribution in [-0.4, -0.2) is 37.3 Å². The summed E-state index contributed by atoms with van der Waals surface area (Å²) in [7, 11) is -3.54. The van der Waals surface area contributed by atoms with Gasteiger partial charge in [-0.2, -0.15) is 0 Å². The lowest BCUT2D eigenvalue weighted by atomic mass is 10.1. The molecule has 7 heteroatoms. The molecule has 1 rings (SSSR count). The molecule has 17 heavy (non-hydrogen) atoms. The Morgan fingerprint density at radius 3 is 2.59 bits per heavy atom. The van der Waals surface area contributed by atoms with Crippen molar-refractivity contribution in [1.82, 2.24) is 4.72 Å². The molecule has 0 aromatic carbocycles. The summed E-state index contributed by atoms with van der Waals surface area (Å²) in [6, 6.07) is -0.423. The minimum Gasteiger partial charge on any atom is -0.481 e. The van der Waals surface area contributed by atoms with Gasteiger partial charge in [-0.05, 0) is 12.8 Å². The normalized spacial score (nSPS) is 26.4. The smallest absolute Gasteiger partial charge is 0.304 e. The number of rotatable bonds is 5. The van der Waals surface area contributed by atoms with Crippen molar-refractivity contribution < 1.29 is 18.3 Å². The molecule has 1 fully saturated rings. The van der Waals surface area contributed by atoms with Crippen molar-refractivity contribution in [3.8, 4) is 0 Å². The second-order valence-electron chi connectivity index (χ2n) is 4.49. The van der Waals surface area contributed by atoms with Crippen LogP contribution in [0.1, 0.15) is 38.5 Å². The molecule has 6 nitrogen and oxygen atoms in total. The van der Waals surface area contributed by atoms with Gasteiger partial charge >= 0.3 is 5.97 Å². The fraction of sp³-hybridized carbons (Fsp3) is 0.900. The van der Waals surface area contributed by atoms with E-state index < -0.39 is 16.0 Å². The molecule has 0 heterocycles. The largest absolute Gasteiger partial charge is 0.481 e.